The minimum Gasteiger partial charge on any atom is -0.493 e. The Hall–Kier alpha value is -2.87. The first-order valence-electron chi connectivity index (χ1n) is 8.54. The van der Waals surface area contributed by atoms with Crippen molar-refractivity contribution in [3.63, 3.8) is 0 Å². The zero-order valence-corrected chi connectivity index (χ0v) is 15.9. The van der Waals surface area contributed by atoms with E-state index in [4.69, 9.17) is 14.0 Å². The fourth-order valence-corrected chi connectivity index (χ4v) is 3.89. The van der Waals surface area contributed by atoms with Gasteiger partial charge in [0.15, 0.2) is 11.5 Å². The topological polar surface area (TPSA) is 77.7 Å². The van der Waals surface area contributed by atoms with E-state index in [1.807, 2.05) is 28.5 Å². The molecule has 0 aliphatic carbocycles. The molecule has 1 atom stereocenters. The van der Waals surface area contributed by atoms with E-state index in [9.17, 15) is 4.79 Å². The molecule has 1 aliphatic rings. The lowest BCUT2D eigenvalue weighted by Crippen LogP contribution is -2.23. The third-order valence-electron chi connectivity index (χ3n) is 4.57. The lowest BCUT2D eigenvalue weighted by molar-refractivity contribution is -0.128. The number of amides is 1. The fourth-order valence-electron chi connectivity index (χ4n) is 3.17. The summed E-state index contributed by atoms with van der Waals surface area (Å²) >= 11 is 1.65. The van der Waals surface area contributed by atoms with Gasteiger partial charge in [-0.05, 0) is 29.6 Å². The molecule has 8 heteroatoms. The number of methoxy groups -OCH3 is 2. The Bertz CT molecular complexity index is 938. The molecule has 3 heterocycles. The third-order valence-corrected chi connectivity index (χ3v) is 5.44. The van der Waals surface area contributed by atoms with E-state index in [2.05, 4.69) is 10.1 Å². The highest BCUT2D eigenvalue weighted by atomic mass is 32.1. The van der Waals surface area contributed by atoms with Crippen molar-refractivity contribution in [2.24, 2.45) is 0 Å². The van der Waals surface area contributed by atoms with Crippen LogP contribution in [0.4, 0.5) is 0 Å². The molecule has 4 rings (SSSR count). The van der Waals surface area contributed by atoms with Crippen LogP contribution in [0.5, 0.6) is 11.5 Å². The van der Waals surface area contributed by atoms with Crippen LogP contribution in [0.2, 0.25) is 0 Å². The zero-order valence-electron chi connectivity index (χ0n) is 15.0. The standard InChI is InChI=1S/C19H19N3O4S/c1-24-15-6-5-12(8-16(15)25-2)18-20-19(26-21-18)13-9-17(23)22(10-13)11-14-4-3-7-27-14/h3-8,13H,9-11H2,1-2H3. The van der Waals surface area contributed by atoms with Gasteiger partial charge in [-0.1, -0.05) is 11.2 Å². The Morgan fingerprint density at radius 1 is 1.26 bits per heavy atom. The predicted octanol–water partition coefficient (Wildman–Crippen LogP) is 3.33. The Labute approximate surface area is 160 Å². The Kier molecular flexibility index (Phi) is 4.81. The second-order valence-corrected chi connectivity index (χ2v) is 7.31. The molecule has 140 valence electrons. The Morgan fingerprint density at radius 3 is 2.85 bits per heavy atom. The van der Waals surface area contributed by atoms with Crippen molar-refractivity contribution in [1.29, 1.82) is 0 Å². The molecule has 1 saturated heterocycles. The van der Waals surface area contributed by atoms with Gasteiger partial charge >= 0.3 is 0 Å². The van der Waals surface area contributed by atoms with E-state index >= 15 is 0 Å². The highest BCUT2D eigenvalue weighted by Gasteiger charge is 2.34. The maximum atomic E-state index is 12.3. The Morgan fingerprint density at radius 2 is 2.11 bits per heavy atom. The number of likely N-dealkylation sites (tertiary alicyclic amines) is 1. The molecule has 1 amide bonds. The van der Waals surface area contributed by atoms with Gasteiger partial charge in [-0.25, -0.2) is 0 Å². The number of hydrogen-bond acceptors (Lipinski definition) is 7. The molecule has 1 fully saturated rings. The quantitative estimate of drug-likeness (QED) is 0.648. The summed E-state index contributed by atoms with van der Waals surface area (Å²) in [6, 6.07) is 9.47. The average Bonchev–Trinajstić information content (AvgIpc) is 3.43. The summed E-state index contributed by atoms with van der Waals surface area (Å²) in [5.74, 6) is 2.21. The van der Waals surface area contributed by atoms with Crippen molar-refractivity contribution >= 4 is 17.2 Å². The number of aromatic nitrogens is 2. The number of thiophene rings is 1. The molecular formula is C19H19N3O4S. The zero-order chi connectivity index (χ0) is 18.8. The number of benzene rings is 1. The molecule has 27 heavy (non-hydrogen) atoms. The van der Waals surface area contributed by atoms with Gasteiger partial charge in [-0.3, -0.25) is 4.79 Å². The molecule has 0 radical (unpaired) electrons. The molecule has 0 N–H and O–H groups in total. The molecular weight excluding hydrogens is 366 g/mol. The molecule has 1 aromatic carbocycles. The molecule has 2 aromatic heterocycles. The van der Waals surface area contributed by atoms with E-state index in [1.54, 1.807) is 37.7 Å². The van der Waals surface area contributed by atoms with Gasteiger partial charge in [0, 0.05) is 23.4 Å². The minimum atomic E-state index is -0.0844. The fraction of sp³-hybridized carbons (Fsp3) is 0.316. The van der Waals surface area contributed by atoms with E-state index in [-0.39, 0.29) is 11.8 Å². The first kappa shape index (κ1) is 17.5. The number of nitrogens with zero attached hydrogens (tertiary/aromatic N) is 3. The van der Waals surface area contributed by atoms with Gasteiger partial charge in [0.25, 0.3) is 0 Å². The van der Waals surface area contributed by atoms with Gasteiger partial charge in [-0.15, -0.1) is 11.3 Å². The van der Waals surface area contributed by atoms with Crippen molar-refractivity contribution in [2.75, 3.05) is 20.8 Å². The van der Waals surface area contributed by atoms with Crippen LogP contribution in [-0.4, -0.2) is 41.7 Å². The number of ether oxygens (including phenoxy) is 2. The number of hydrogen-bond donors (Lipinski definition) is 0. The molecule has 0 saturated carbocycles. The molecule has 3 aromatic rings. The van der Waals surface area contributed by atoms with Crippen molar-refractivity contribution in [1.82, 2.24) is 15.0 Å². The largest absolute Gasteiger partial charge is 0.493 e. The predicted molar refractivity (Wildman–Crippen MR) is 99.9 cm³/mol. The molecule has 7 nitrogen and oxygen atoms in total. The van der Waals surface area contributed by atoms with Crippen molar-refractivity contribution in [3.8, 4) is 22.9 Å². The number of rotatable bonds is 6. The smallest absolute Gasteiger partial charge is 0.232 e. The van der Waals surface area contributed by atoms with Crippen LogP contribution in [0, 0.1) is 0 Å². The maximum absolute atomic E-state index is 12.3. The summed E-state index contributed by atoms with van der Waals surface area (Å²) in [5, 5.41) is 6.09. The van der Waals surface area contributed by atoms with Gasteiger partial charge in [-0.2, -0.15) is 4.98 Å². The van der Waals surface area contributed by atoms with Crippen LogP contribution >= 0.6 is 11.3 Å². The van der Waals surface area contributed by atoms with E-state index in [1.165, 1.54) is 4.88 Å². The highest BCUT2D eigenvalue weighted by molar-refractivity contribution is 7.09. The summed E-state index contributed by atoms with van der Waals surface area (Å²) in [4.78, 5) is 19.8. The first-order chi connectivity index (χ1) is 13.2. The Balaban J connectivity index is 1.50. The maximum Gasteiger partial charge on any atom is 0.232 e. The van der Waals surface area contributed by atoms with Gasteiger partial charge in [0.2, 0.25) is 17.6 Å². The highest BCUT2D eigenvalue weighted by Crippen LogP contribution is 2.33. The summed E-state index contributed by atoms with van der Waals surface area (Å²) in [7, 11) is 3.17. The summed E-state index contributed by atoms with van der Waals surface area (Å²) in [6.45, 7) is 1.22. The minimum absolute atomic E-state index is 0.0844. The van der Waals surface area contributed by atoms with E-state index in [0.717, 1.165) is 5.56 Å². The van der Waals surface area contributed by atoms with Crippen LogP contribution in [0.1, 0.15) is 23.1 Å². The number of carbonyl (C=O) groups excluding carboxylic acids is 1. The molecule has 0 bridgehead atoms. The summed E-state index contributed by atoms with van der Waals surface area (Å²) in [6.07, 6.45) is 0.388. The SMILES string of the molecule is COc1ccc(-c2noc(C3CC(=O)N(Cc4cccs4)C3)n2)cc1OC. The van der Waals surface area contributed by atoms with Gasteiger partial charge in [0.05, 0.1) is 26.7 Å². The van der Waals surface area contributed by atoms with Crippen LogP contribution < -0.4 is 9.47 Å². The average molecular weight is 385 g/mol. The summed E-state index contributed by atoms with van der Waals surface area (Å²) in [5.41, 5.74) is 0.766. The first-order valence-corrected chi connectivity index (χ1v) is 9.42. The van der Waals surface area contributed by atoms with E-state index in [0.29, 0.717) is 42.7 Å². The van der Waals surface area contributed by atoms with Gasteiger partial charge < -0.3 is 18.9 Å². The molecule has 1 unspecified atom stereocenters. The lowest BCUT2D eigenvalue weighted by atomic mass is 10.1. The second kappa shape index (κ2) is 7.40. The summed E-state index contributed by atoms with van der Waals surface area (Å²) < 4.78 is 16.0. The normalized spacial score (nSPS) is 16.7. The van der Waals surface area contributed by atoms with Crippen molar-refractivity contribution in [3.05, 3.63) is 46.5 Å². The van der Waals surface area contributed by atoms with Crippen molar-refractivity contribution < 1.29 is 18.8 Å². The third kappa shape index (κ3) is 3.52. The van der Waals surface area contributed by atoms with Crippen LogP contribution in [-0.2, 0) is 11.3 Å². The van der Waals surface area contributed by atoms with E-state index < -0.39 is 0 Å². The van der Waals surface area contributed by atoms with Gasteiger partial charge in [0.1, 0.15) is 0 Å². The van der Waals surface area contributed by atoms with Crippen LogP contribution in [0.25, 0.3) is 11.4 Å². The van der Waals surface area contributed by atoms with Crippen molar-refractivity contribution in [2.45, 2.75) is 18.9 Å². The monoisotopic (exact) mass is 385 g/mol. The molecule has 1 aliphatic heterocycles. The van der Waals surface area contributed by atoms with Crippen LogP contribution in [0.15, 0.2) is 40.2 Å². The van der Waals surface area contributed by atoms with Crippen LogP contribution in [0.3, 0.4) is 0 Å². The molecule has 0 spiro atoms. The lowest BCUT2D eigenvalue weighted by Gasteiger charge is -2.14. The number of carbonyl (C=O) groups is 1. The second-order valence-electron chi connectivity index (χ2n) is 6.28.